The van der Waals surface area contributed by atoms with Gasteiger partial charge in [0.2, 0.25) is 5.91 Å². The first-order valence-electron chi connectivity index (χ1n) is 8.05. The van der Waals surface area contributed by atoms with Gasteiger partial charge in [0.25, 0.3) is 0 Å². The van der Waals surface area contributed by atoms with Crippen LogP contribution in [0.3, 0.4) is 0 Å². The molecule has 138 valence electrons. The van der Waals surface area contributed by atoms with E-state index in [-0.39, 0.29) is 35.3 Å². The van der Waals surface area contributed by atoms with Crippen LogP contribution < -0.4 is 10.1 Å². The lowest BCUT2D eigenvalue weighted by Crippen LogP contribution is -2.13. The number of hydrogen-bond acceptors (Lipinski definition) is 3. The van der Waals surface area contributed by atoms with Crippen LogP contribution >= 0.6 is 11.6 Å². The van der Waals surface area contributed by atoms with Gasteiger partial charge >= 0.3 is 6.61 Å². The van der Waals surface area contributed by atoms with Crippen LogP contribution in [0.15, 0.2) is 42.5 Å². The highest BCUT2D eigenvalue weighted by molar-refractivity contribution is 6.32. The molecule has 2 aromatic rings. The Morgan fingerprint density at radius 1 is 1.12 bits per heavy atom. The number of benzene rings is 2. The summed E-state index contributed by atoms with van der Waals surface area (Å²) in [5.41, 5.74) is 2.03. The number of carbonyl (C=O) groups is 2. The number of ether oxygens (including phenoxy) is 1. The number of amides is 1. The molecule has 0 saturated heterocycles. The van der Waals surface area contributed by atoms with Gasteiger partial charge in [-0.2, -0.15) is 8.78 Å². The van der Waals surface area contributed by atoms with E-state index < -0.39 is 6.61 Å². The fraction of sp³-hybridized carbons (Fsp3) is 0.263. The SMILES string of the molecule is CCc1ccc(C(=O)CCC(=O)Nc2ccc(OC(F)F)c(Cl)c2)cc1. The summed E-state index contributed by atoms with van der Waals surface area (Å²) < 4.78 is 28.6. The second-order valence-electron chi connectivity index (χ2n) is 5.55. The zero-order valence-corrected chi connectivity index (χ0v) is 14.9. The van der Waals surface area contributed by atoms with E-state index in [1.807, 2.05) is 19.1 Å². The summed E-state index contributed by atoms with van der Waals surface area (Å²) in [6.45, 7) is -0.954. The van der Waals surface area contributed by atoms with E-state index in [2.05, 4.69) is 10.1 Å². The summed E-state index contributed by atoms with van der Waals surface area (Å²) in [4.78, 5) is 24.1. The van der Waals surface area contributed by atoms with Gasteiger partial charge in [0.05, 0.1) is 5.02 Å². The minimum absolute atomic E-state index is 0.00126. The largest absolute Gasteiger partial charge is 0.433 e. The molecule has 0 aliphatic heterocycles. The molecular weight excluding hydrogens is 364 g/mol. The van der Waals surface area contributed by atoms with Gasteiger partial charge in [-0.25, -0.2) is 0 Å². The van der Waals surface area contributed by atoms with Crippen LogP contribution in [-0.4, -0.2) is 18.3 Å². The number of aryl methyl sites for hydroxylation is 1. The number of carbonyl (C=O) groups excluding carboxylic acids is 2. The molecule has 0 bridgehead atoms. The van der Waals surface area contributed by atoms with Gasteiger partial charge in [0, 0.05) is 24.1 Å². The van der Waals surface area contributed by atoms with Crippen LogP contribution in [-0.2, 0) is 11.2 Å². The molecule has 0 aliphatic rings. The highest BCUT2D eigenvalue weighted by Crippen LogP contribution is 2.29. The lowest BCUT2D eigenvalue weighted by atomic mass is 10.0. The summed E-state index contributed by atoms with van der Waals surface area (Å²) in [5.74, 6) is -0.672. The second kappa shape index (κ2) is 9.29. The Balaban J connectivity index is 1.88. The van der Waals surface area contributed by atoms with E-state index in [1.54, 1.807) is 12.1 Å². The maximum Gasteiger partial charge on any atom is 0.387 e. The van der Waals surface area contributed by atoms with Crippen molar-refractivity contribution >= 4 is 29.0 Å². The van der Waals surface area contributed by atoms with Crippen molar-refractivity contribution in [1.82, 2.24) is 0 Å². The molecule has 2 rings (SSSR count). The summed E-state index contributed by atoms with van der Waals surface area (Å²) in [7, 11) is 0. The molecule has 1 N–H and O–H groups in total. The van der Waals surface area contributed by atoms with E-state index in [1.165, 1.54) is 18.2 Å². The molecule has 0 aromatic heterocycles. The highest BCUT2D eigenvalue weighted by atomic mass is 35.5. The molecule has 4 nitrogen and oxygen atoms in total. The lowest BCUT2D eigenvalue weighted by Gasteiger charge is -2.09. The Morgan fingerprint density at radius 3 is 2.38 bits per heavy atom. The number of ketones is 1. The number of rotatable bonds is 8. The van der Waals surface area contributed by atoms with E-state index >= 15 is 0 Å². The third-order valence-corrected chi connectivity index (χ3v) is 3.99. The maximum atomic E-state index is 12.2. The molecule has 2 aromatic carbocycles. The molecular formula is C19H18ClF2NO3. The molecule has 0 fully saturated rings. The number of alkyl halides is 2. The van der Waals surface area contributed by atoms with E-state index in [4.69, 9.17) is 11.6 Å². The van der Waals surface area contributed by atoms with E-state index in [0.29, 0.717) is 11.3 Å². The van der Waals surface area contributed by atoms with Crippen molar-refractivity contribution in [2.24, 2.45) is 0 Å². The Kier molecular flexibility index (Phi) is 7.09. The molecule has 0 heterocycles. The molecule has 0 saturated carbocycles. The predicted molar refractivity (Wildman–Crippen MR) is 96.1 cm³/mol. The first kappa shape index (κ1) is 19.8. The van der Waals surface area contributed by atoms with Gasteiger partial charge in [-0.15, -0.1) is 0 Å². The van der Waals surface area contributed by atoms with Crippen molar-refractivity contribution in [3.05, 3.63) is 58.6 Å². The number of Topliss-reactive ketones (excluding diaryl/α,β-unsaturated/α-hetero) is 1. The van der Waals surface area contributed by atoms with Crippen LogP contribution in [0.4, 0.5) is 14.5 Å². The molecule has 1 amide bonds. The van der Waals surface area contributed by atoms with Gasteiger partial charge in [-0.1, -0.05) is 42.8 Å². The highest BCUT2D eigenvalue weighted by Gasteiger charge is 2.12. The van der Waals surface area contributed by atoms with Gasteiger partial charge in [0.15, 0.2) is 5.78 Å². The van der Waals surface area contributed by atoms with Crippen LogP contribution in [0.1, 0.15) is 35.7 Å². The third kappa shape index (κ3) is 5.81. The van der Waals surface area contributed by atoms with Crippen molar-refractivity contribution in [2.75, 3.05) is 5.32 Å². The average molecular weight is 382 g/mol. The maximum absolute atomic E-state index is 12.2. The predicted octanol–water partition coefficient (Wildman–Crippen LogP) is 5.11. The number of anilines is 1. The summed E-state index contributed by atoms with van der Waals surface area (Å²) in [6.07, 6.45) is 0.958. The quantitative estimate of drug-likeness (QED) is 0.647. The molecule has 0 radical (unpaired) electrons. The first-order chi connectivity index (χ1) is 12.4. The molecule has 7 heteroatoms. The minimum atomic E-state index is -2.98. The summed E-state index contributed by atoms with van der Waals surface area (Å²) in [5, 5.41) is 2.52. The molecule has 0 unspecified atom stereocenters. The number of halogens is 3. The third-order valence-electron chi connectivity index (χ3n) is 3.69. The van der Waals surface area contributed by atoms with Gasteiger partial charge in [-0.3, -0.25) is 9.59 Å². The van der Waals surface area contributed by atoms with Crippen molar-refractivity contribution in [3.8, 4) is 5.75 Å². The Hall–Kier alpha value is -2.47. The smallest absolute Gasteiger partial charge is 0.387 e. The van der Waals surface area contributed by atoms with E-state index in [9.17, 15) is 18.4 Å². The molecule has 26 heavy (non-hydrogen) atoms. The average Bonchev–Trinajstić information content (AvgIpc) is 2.62. The normalized spacial score (nSPS) is 10.7. The topological polar surface area (TPSA) is 55.4 Å². The number of nitrogens with one attached hydrogen (secondary N) is 1. The Bertz CT molecular complexity index is 779. The zero-order chi connectivity index (χ0) is 19.1. The van der Waals surface area contributed by atoms with Gasteiger partial charge in [-0.05, 0) is 30.2 Å². The fourth-order valence-electron chi connectivity index (χ4n) is 2.29. The monoisotopic (exact) mass is 381 g/mol. The van der Waals surface area contributed by atoms with Crippen molar-refractivity contribution in [2.45, 2.75) is 32.8 Å². The fourth-order valence-corrected chi connectivity index (χ4v) is 2.52. The van der Waals surface area contributed by atoms with Gasteiger partial charge in [0.1, 0.15) is 5.75 Å². The Labute approximate surface area is 155 Å². The van der Waals surface area contributed by atoms with Crippen LogP contribution in [0.5, 0.6) is 5.75 Å². The number of hydrogen-bond donors (Lipinski definition) is 1. The first-order valence-corrected chi connectivity index (χ1v) is 8.43. The Morgan fingerprint density at radius 2 is 1.81 bits per heavy atom. The second-order valence-corrected chi connectivity index (χ2v) is 5.95. The molecule has 0 aliphatic carbocycles. The van der Waals surface area contributed by atoms with Gasteiger partial charge < -0.3 is 10.1 Å². The van der Waals surface area contributed by atoms with E-state index in [0.717, 1.165) is 12.0 Å². The standard InChI is InChI=1S/C19H18ClF2NO3/c1-2-12-3-5-13(6-4-12)16(24)8-10-18(25)23-14-7-9-17(15(20)11-14)26-19(21)22/h3-7,9,11,19H,2,8,10H2,1H3,(H,23,25). The van der Waals surface area contributed by atoms with Crippen molar-refractivity contribution in [3.63, 3.8) is 0 Å². The van der Waals surface area contributed by atoms with Crippen LogP contribution in [0, 0.1) is 0 Å². The molecule has 0 spiro atoms. The summed E-state index contributed by atoms with van der Waals surface area (Å²) in [6, 6.07) is 11.2. The summed E-state index contributed by atoms with van der Waals surface area (Å²) >= 11 is 5.83. The van der Waals surface area contributed by atoms with Crippen LogP contribution in [0.2, 0.25) is 5.02 Å². The minimum Gasteiger partial charge on any atom is -0.433 e. The van der Waals surface area contributed by atoms with Crippen LogP contribution in [0.25, 0.3) is 0 Å². The zero-order valence-electron chi connectivity index (χ0n) is 14.1. The van der Waals surface area contributed by atoms with Crippen molar-refractivity contribution in [1.29, 1.82) is 0 Å². The molecule has 0 atom stereocenters. The van der Waals surface area contributed by atoms with Crippen molar-refractivity contribution < 1.29 is 23.1 Å². The lowest BCUT2D eigenvalue weighted by molar-refractivity contribution is -0.116.